The van der Waals surface area contributed by atoms with Gasteiger partial charge >= 0.3 is 0 Å². The molecule has 2 amide bonds. The summed E-state index contributed by atoms with van der Waals surface area (Å²) in [4.78, 5) is 32.3. The maximum atomic E-state index is 14.8. The minimum atomic E-state index is -0.950. The van der Waals surface area contributed by atoms with Crippen LogP contribution >= 0.6 is 23.9 Å². The molecule has 0 bridgehead atoms. The number of nitrogens with one attached hydrogen (secondary N) is 2. The van der Waals surface area contributed by atoms with E-state index in [1.165, 1.54) is 49.9 Å². The number of guanidine groups is 2. The summed E-state index contributed by atoms with van der Waals surface area (Å²) < 4.78 is 119. The lowest BCUT2D eigenvalue weighted by Gasteiger charge is -2.10. The molecule has 468 valence electrons. The topological polar surface area (TPSA) is 331 Å². The zero-order valence-corrected chi connectivity index (χ0v) is 49.3. The van der Waals surface area contributed by atoms with Crippen LogP contribution in [0.1, 0.15) is 36.4 Å². The fraction of sp³-hybridized carbons (Fsp3) is 0.357. The highest BCUT2D eigenvalue weighted by molar-refractivity contribution is 7.97. The van der Waals surface area contributed by atoms with Crippen molar-refractivity contribution in [3.05, 3.63) is 142 Å². The molecule has 6 aromatic rings. The van der Waals surface area contributed by atoms with E-state index >= 15 is 0 Å². The number of nitrogens with zero attached hydrogens (tertiary/aromatic N) is 8. The van der Waals surface area contributed by atoms with E-state index in [2.05, 4.69) is 40.1 Å². The van der Waals surface area contributed by atoms with Crippen LogP contribution in [0.5, 0.6) is 23.0 Å². The number of hydrogen-bond donors (Lipinski definition) is 6. The van der Waals surface area contributed by atoms with Crippen LogP contribution in [-0.4, -0.2) is 146 Å². The van der Waals surface area contributed by atoms with Crippen LogP contribution in [0.15, 0.2) is 116 Å². The monoisotopic (exact) mass is 1250 g/mol. The van der Waals surface area contributed by atoms with Crippen LogP contribution in [0.25, 0.3) is 12.2 Å². The quantitative estimate of drug-likeness (QED) is 0.00658. The highest BCUT2D eigenvalue weighted by Crippen LogP contribution is 2.32. The van der Waals surface area contributed by atoms with E-state index in [4.69, 9.17) is 65.6 Å². The summed E-state index contributed by atoms with van der Waals surface area (Å²) in [5.74, 6) is -6.81. The molecule has 0 spiro atoms. The lowest BCUT2D eigenvalue weighted by molar-refractivity contribution is -0.115. The molecule has 2 heterocycles. The van der Waals surface area contributed by atoms with Crippen molar-refractivity contribution >= 4 is 59.8 Å². The van der Waals surface area contributed by atoms with Gasteiger partial charge in [-0.2, -0.15) is 9.98 Å². The smallest absolute Gasteiger partial charge is 0.275 e. The molecule has 10 N–H and O–H groups in total. The molecule has 4 aromatic carbocycles. The first-order chi connectivity index (χ1) is 42.1. The average molecular weight is 1250 g/mol. The second kappa shape index (κ2) is 37.7. The molecule has 87 heavy (non-hydrogen) atoms. The highest BCUT2D eigenvalue weighted by atomic mass is 32.2. The number of aliphatic imine (C=N–C) groups is 2. The largest absolute Gasteiger partial charge is 0.451 e. The van der Waals surface area contributed by atoms with Gasteiger partial charge in [0.1, 0.15) is 22.9 Å². The molecule has 0 saturated heterocycles. The van der Waals surface area contributed by atoms with E-state index in [1.54, 1.807) is 70.3 Å². The average Bonchev–Trinajstić information content (AvgIpc) is 4.31. The van der Waals surface area contributed by atoms with E-state index in [-0.39, 0.29) is 47.0 Å². The molecular weight excluding hydrogens is 1180 g/mol. The zero-order valence-electron chi connectivity index (χ0n) is 47.7. The van der Waals surface area contributed by atoms with Crippen LogP contribution in [0, 0.1) is 23.3 Å². The van der Waals surface area contributed by atoms with Gasteiger partial charge in [-0.1, -0.05) is 10.4 Å². The predicted molar refractivity (Wildman–Crippen MR) is 316 cm³/mol. The molecule has 25 nitrogen and oxygen atoms in total. The standard InChI is InChI=1S/C56H68F4N14O11S2/c1-37(53(75)67-55(61)62)27-39-29-47(57)51(48(58)30-39)84-43-3-7-45(8-4-43)86-65-11-15-77-19-23-81-25-21-79-17-13-73-33-41(69-71-73)35-83-36-42-34-74(72-70-42)14-18-80-22-26-82-24-20-78-16-12-66-87-46-9-5-44(6-10-46)85-52-49(59)31-40(32-50(52)60)28-38(2)54(76)68-56(63)64/h3-10,27-34,65-66H,11-26,35-36H2,1-2H3,(H4,61,62,67,75)(H4,63,64,68,76)/b37-27+,38-28+. The second-order valence-corrected chi connectivity index (χ2v) is 20.1. The van der Waals surface area contributed by atoms with Gasteiger partial charge in [-0.15, -0.1) is 10.2 Å². The minimum absolute atomic E-state index is 0.0865. The Morgan fingerprint density at radius 2 is 0.839 bits per heavy atom. The molecule has 0 aliphatic carbocycles. The van der Waals surface area contributed by atoms with Gasteiger partial charge in [0, 0.05) is 34.0 Å². The molecule has 0 atom stereocenters. The fourth-order valence-electron chi connectivity index (χ4n) is 7.13. The molecule has 0 unspecified atom stereocenters. The molecule has 0 saturated carbocycles. The van der Waals surface area contributed by atoms with E-state index in [0.29, 0.717) is 117 Å². The van der Waals surface area contributed by atoms with Crippen molar-refractivity contribution in [1.29, 1.82) is 0 Å². The predicted octanol–water partition coefficient (Wildman–Crippen LogP) is 5.83. The first kappa shape index (κ1) is 68.3. The van der Waals surface area contributed by atoms with Gasteiger partial charge in [0.15, 0.2) is 46.7 Å². The Kier molecular flexibility index (Phi) is 29.6. The van der Waals surface area contributed by atoms with Crippen molar-refractivity contribution in [2.45, 2.75) is 49.9 Å². The highest BCUT2D eigenvalue weighted by Gasteiger charge is 2.17. The lowest BCUT2D eigenvalue weighted by atomic mass is 10.1. The minimum Gasteiger partial charge on any atom is -0.451 e. The van der Waals surface area contributed by atoms with Gasteiger partial charge < -0.3 is 65.6 Å². The number of aromatic nitrogens is 6. The zero-order chi connectivity index (χ0) is 62.2. The van der Waals surface area contributed by atoms with Gasteiger partial charge in [-0.3, -0.25) is 19.0 Å². The van der Waals surface area contributed by atoms with Crippen LogP contribution in [0.4, 0.5) is 17.6 Å². The Balaban J connectivity index is 0.689. The summed E-state index contributed by atoms with van der Waals surface area (Å²) in [5, 5.41) is 16.6. The molecule has 6 rings (SSSR count). The maximum absolute atomic E-state index is 14.8. The molecule has 0 aliphatic heterocycles. The van der Waals surface area contributed by atoms with Crippen LogP contribution in [0.3, 0.4) is 0 Å². The molecule has 31 heteroatoms. The fourth-order valence-corrected chi connectivity index (χ4v) is 8.38. The number of carbonyl (C=O) groups is 2. The van der Waals surface area contributed by atoms with Crippen LogP contribution < -0.4 is 41.9 Å². The van der Waals surface area contributed by atoms with Crippen molar-refractivity contribution in [2.75, 3.05) is 92.4 Å². The lowest BCUT2D eigenvalue weighted by Crippen LogP contribution is -2.24. The van der Waals surface area contributed by atoms with Gasteiger partial charge in [-0.25, -0.2) is 26.9 Å². The van der Waals surface area contributed by atoms with E-state index in [0.717, 1.165) is 34.1 Å². The van der Waals surface area contributed by atoms with Gasteiger partial charge in [0.2, 0.25) is 0 Å². The number of rotatable bonds is 40. The van der Waals surface area contributed by atoms with Crippen LogP contribution in [0.2, 0.25) is 0 Å². The third-order valence-corrected chi connectivity index (χ3v) is 12.9. The number of amides is 2. The Bertz CT molecular complexity index is 2980. The van der Waals surface area contributed by atoms with Crippen molar-refractivity contribution in [1.82, 2.24) is 39.4 Å². The van der Waals surface area contributed by atoms with Crippen LogP contribution in [-0.2, 0) is 69.1 Å². The first-order valence-electron chi connectivity index (χ1n) is 26.9. The number of benzene rings is 4. The Hall–Kier alpha value is -7.82. The van der Waals surface area contributed by atoms with Crippen molar-refractivity contribution in [3.8, 4) is 23.0 Å². The molecule has 2 aromatic heterocycles. The maximum Gasteiger partial charge on any atom is 0.275 e. The molecule has 0 aliphatic rings. The van der Waals surface area contributed by atoms with Crippen molar-refractivity contribution in [2.24, 2.45) is 32.9 Å². The Morgan fingerprint density at radius 1 is 0.506 bits per heavy atom. The number of hydrogen-bond acceptors (Lipinski definition) is 19. The Morgan fingerprint density at radius 3 is 1.18 bits per heavy atom. The van der Waals surface area contributed by atoms with E-state index in [1.807, 2.05) is 0 Å². The van der Waals surface area contributed by atoms with E-state index in [9.17, 15) is 27.2 Å². The molecular formula is C56H68F4N14O11S2. The van der Waals surface area contributed by atoms with Gasteiger partial charge in [-0.05, 0) is 134 Å². The first-order valence-corrected chi connectivity index (χ1v) is 28.5. The van der Waals surface area contributed by atoms with Gasteiger partial charge in [0.05, 0.1) is 118 Å². The summed E-state index contributed by atoms with van der Waals surface area (Å²) in [7, 11) is 0. The van der Waals surface area contributed by atoms with Gasteiger partial charge in [0.25, 0.3) is 11.8 Å². The second-order valence-electron chi connectivity index (χ2n) is 18.2. The van der Waals surface area contributed by atoms with Crippen molar-refractivity contribution < 1.29 is 69.8 Å². The molecule has 0 fully saturated rings. The number of halogens is 4. The molecule has 0 radical (unpaired) electrons. The normalized spacial score (nSPS) is 11.7. The summed E-state index contributed by atoms with van der Waals surface area (Å²) in [6.07, 6.45) is 6.10. The number of ether oxygens (including phenoxy) is 9. The summed E-state index contributed by atoms with van der Waals surface area (Å²) in [5.41, 5.74) is 22.5. The van der Waals surface area contributed by atoms with E-state index < -0.39 is 58.5 Å². The van der Waals surface area contributed by atoms with Crippen molar-refractivity contribution in [3.63, 3.8) is 0 Å². The summed E-state index contributed by atoms with van der Waals surface area (Å²) in [6, 6.07) is 17.4. The summed E-state index contributed by atoms with van der Waals surface area (Å²) >= 11 is 2.72. The third kappa shape index (κ3) is 26.0. The Labute approximate surface area is 507 Å². The third-order valence-electron chi connectivity index (χ3n) is 11.2. The SMILES string of the molecule is C/C(=C\c1cc(F)c(Oc2ccc(SNCCOCCOCCOCCn3cc(COCc4cn(CCOCCOCCOCCNSc5ccc(Oc6c(F)cc(/C=C(\C)C(=O)N=C(N)N)cc6F)cc5)nn4)nn3)cc2)c(F)c1)C(=O)N=C(N)N. The number of nitrogens with two attached hydrogens (primary N) is 4. The number of carbonyl (C=O) groups excluding carboxylic acids is 2. The summed E-state index contributed by atoms with van der Waals surface area (Å²) in [6.45, 7) is 10.4.